The Balaban J connectivity index is 0.00000400. The number of rotatable bonds is 10. The van der Waals surface area contributed by atoms with E-state index in [4.69, 9.17) is 9.47 Å². The van der Waals surface area contributed by atoms with Gasteiger partial charge < -0.3 is 5.48 Å². The van der Waals surface area contributed by atoms with Crippen LogP contribution in [-0.2, 0) is 16.7 Å². The standard InChI is InChI=1S/C26H32N2O5S3Te.H2O/c1-6-18(13-24-27(7-2)26-22(34-24)10-9-17(3)37-26)14-25-28(11-8-12-36(29,30)31)19-15-20(32-4)21(33-5)16-23(19)35-25;/h9-10,13-17H,6-8,11-12H2,1-5H3;1H2. The summed E-state index contributed by atoms with van der Waals surface area (Å²) in [5.41, 5.74) is 2.15. The minimum absolute atomic E-state index is 0. The molecule has 1 aromatic heterocycles. The first-order valence-corrected chi connectivity index (χ1v) is 17.9. The third-order valence-corrected chi connectivity index (χ3v) is 12.9. The van der Waals surface area contributed by atoms with E-state index in [-0.39, 0.29) is 32.2 Å². The monoisotopic (exact) mass is 696 g/mol. The van der Waals surface area contributed by atoms with Gasteiger partial charge in [-0.05, 0) is 0 Å². The molecular weight excluding hydrogens is 660 g/mol. The molecule has 2 aromatic rings. The van der Waals surface area contributed by atoms with E-state index in [1.54, 1.807) is 26.0 Å². The Kier molecular flexibility index (Phi) is 10.8. The number of anilines is 1. The number of benzene rings is 1. The van der Waals surface area contributed by atoms with Gasteiger partial charge in [-0.25, -0.2) is 0 Å². The summed E-state index contributed by atoms with van der Waals surface area (Å²) in [5, 5.41) is 2.28. The van der Waals surface area contributed by atoms with Gasteiger partial charge in [-0.1, -0.05) is 0 Å². The van der Waals surface area contributed by atoms with Crippen LogP contribution in [0.25, 0.3) is 12.2 Å². The van der Waals surface area contributed by atoms with Gasteiger partial charge in [0.1, 0.15) is 0 Å². The van der Waals surface area contributed by atoms with Crippen molar-refractivity contribution in [3.63, 3.8) is 0 Å². The predicted molar refractivity (Wildman–Crippen MR) is 156 cm³/mol. The molecular formula is C26H34N2O6S3Te. The second-order valence-electron chi connectivity index (χ2n) is 8.66. The molecule has 0 amide bonds. The first kappa shape index (κ1) is 31.0. The van der Waals surface area contributed by atoms with Gasteiger partial charge in [-0.2, -0.15) is 8.42 Å². The van der Waals surface area contributed by atoms with Crippen LogP contribution in [0.5, 0.6) is 11.5 Å². The van der Waals surface area contributed by atoms with Crippen molar-refractivity contribution in [2.75, 3.05) is 31.4 Å². The van der Waals surface area contributed by atoms with Crippen LogP contribution in [0.15, 0.2) is 39.8 Å². The van der Waals surface area contributed by atoms with E-state index in [9.17, 15) is 13.0 Å². The maximum atomic E-state index is 11.4. The van der Waals surface area contributed by atoms with Crippen molar-refractivity contribution in [1.29, 1.82) is 0 Å². The minimum atomic E-state index is -4.03. The van der Waals surface area contributed by atoms with Crippen LogP contribution in [0.2, 0.25) is 3.97 Å². The van der Waals surface area contributed by atoms with Crippen molar-refractivity contribution in [3.8, 4) is 11.5 Å². The summed E-state index contributed by atoms with van der Waals surface area (Å²) in [7, 11) is -0.810. The first-order chi connectivity index (χ1) is 17.7. The molecule has 3 heterocycles. The second-order valence-corrected chi connectivity index (χ2v) is 16.3. The number of hydrogen-bond donors (Lipinski definition) is 1. The molecule has 2 aliphatic rings. The van der Waals surface area contributed by atoms with Crippen molar-refractivity contribution >= 4 is 75.7 Å². The topological polar surface area (TPSA) is 110 Å². The smallest absolute Gasteiger partial charge is 0.870 e. The van der Waals surface area contributed by atoms with Crippen molar-refractivity contribution in [3.05, 3.63) is 44.8 Å². The first-order valence-electron chi connectivity index (χ1n) is 12.2. The molecule has 0 saturated heterocycles. The third kappa shape index (κ3) is 6.97. The molecule has 208 valence electrons. The Hall–Kier alpha value is -1.52. The Bertz CT molecular complexity index is 1370. The number of ether oxygens (including phenoxy) is 2. The molecule has 1 atom stereocenters. The summed E-state index contributed by atoms with van der Waals surface area (Å²) in [6.45, 7) is 8.09. The van der Waals surface area contributed by atoms with Crippen LogP contribution in [0, 0.1) is 0 Å². The van der Waals surface area contributed by atoms with Gasteiger partial charge >= 0.3 is 212 Å². The predicted octanol–water partition coefficient (Wildman–Crippen LogP) is 4.59. The van der Waals surface area contributed by atoms with Crippen molar-refractivity contribution < 1.29 is 32.5 Å². The molecule has 0 radical (unpaired) electrons. The van der Waals surface area contributed by atoms with Gasteiger partial charge in [0, 0.05) is 0 Å². The van der Waals surface area contributed by atoms with Gasteiger partial charge in [0.15, 0.2) is 0 Å². The van der Waals surface area contributed by atoms with Gasteiger partial charge in [0.05, 0.1) is 14.2 Å². The zero-order chi connectivity index (χ0) is 26.7. The Labute approximate surface area is 243 Å². The van der Waals surface area contributed by atoms with Crippen LogP contribution < -0.4 is 22.7 Å². The van der Waals surface area contributed by atoms with Crippen LogP contribution in [-0.4, -0.2) is 65.9 Å². The molecule has 1 unspecified atom stereocenters. The van der Waals surface area contributed by atoms with Crippen molar-refractivity contribution in [1.82, 2.24) is 0 Å². The molecule has 1 aromatic carbocycles. The van der Waals surface area contributed by atoms with E-state index >= 15 is 0 Å². The molecule has 0 saturated carbocycles. The van der Waals surface area contributed by atoms with E-state index in [1.165, 1.54) is 19.2 Å². The van der Waals surface area contributed by atoms with Gasteiger partial charge in [-0.15, -0.1) is 0 Å². The number of aromatic nitrogens is 1. The van der Waals surface area contributed by atoms with Crippen LogP contribution >= 0.6 is 23.1 Å². The number of fused-ring (bicyclic) bond motifs is 2. The number of thiazole rings is 1. The van der Waals surface area contributed by atoms with E-state index < -0.39 is 10.1 Å². The number of hydrogen-bond acceptors (Lipinski definition) is 8. The quantitative estimate of drug-likeness (QED) is 0.219. The van der Waals surface area contributed by atoms with Crippen molar-refractivity contribution in [2.45, 2.75) is 49.0 Å². The second kappa shape index (κ2) is 13.2. The molecule has 38 heavy (non-hydrogen) atoms. The Morgan fingerprint density at radius 3 is 2.58 bits per heavy atom. The number of nitrogens with zero attached hydrogens (tertiary/aromatic N) is 2. The van der Waals surface area contributed by atoms with E-state index in [1.807, 2.05) is 23.5 Å². The summed E-state index contributed by atoms with van der Waals surface area (Å²) in [6.07, 6.45) is 10.3. The van der Waals surface area contributed by atoms with Crippen LogP contribution in [0.3, 0.4) is 0 Å². The molecule has 8 nitrogen and oxygen atoms in total. The van der Waals surface area contributed by atoms with Crippen LogP contribution in [0.4, 0.5) is 5.69 Å². The molecule has 0 fully saturated rings. The molecule has 0 aliphatic carbocycles. The Morgan fingerprint density at radius 1 is 1.24 bits per heavy atom. The van der Waals surface area contributed by atoms with Gasteiger partial charge in [0.2, 0.25) is 0 Å². The minimum Gasteiger partial charge on any atom is -0.870 e. The number of allylic oxidation sites excluding steroid dienone is 3. The number of thioether (sulfide) groups is 1. The fraction of sp³-hybridized carbons (Fsp3) is 0.423. The fourth-order valence-electron chi connectivity index (χ4n) is 4.25. The molecule has 12 heteroatoms. The third-order valence-electron chi connectivity index (χ3n) is 6.12. The van der Waals surface area contributed by atoms with E-state index in [0.717, 1.165) is 28.6 Å². The van der Waals surface area contributed by atoms with Crippen LogP contribution in [0.1, 0.15) is 43.5 Å². The molecule has 2 aliphatic heterocycles. The average molecular weight is 694 g/mol. The van der Waals surface area contributed by atoms with E-state index in [0.29, 0.717) is 28.4 Å². The summed E-state index contributed by atoms with van der Waals surface area (Å²) < 4.78 is 47.7. The zero-order valence-corrected chi connectivity index (χ0v) is 26.9. The van der Waals surface area contributed by atoms with Crippen molar-refractivity contribution in [2.24, 2.45) is 0 Å². The summed E-state index contributed by atoms with van der Waals surface area (Å²) >= 11 is 3.24. The summed E-state index contributed by atoms with van der Waals surface area (Å²) in [5.74, 6) is 0.986. The SMILES string of the molecule is CCC(=Cc1sc2c([n+]1CC)[Te]C(C)C=C2)C=C1Sc2cc(OC)c(OC)cc2N1CCCS(=O)(=O)O.[OH-]. The summed E-state index contributed by atoms with van der Waals surface area (Å²) in [6, 6.07) is 3.89. The molecule has 0 bridgehead atoms. The maximum absolute atomic E-state index is 11.4. The molecule has 4 rings (SSSR count). The van der Waals surface area contributed by atoms with Gasteiger partial charge in [0.25, 0.3) is 0 Å². The Morgan fingerprint density at radius 2 is 1.95 bits per heavy atom. The number of methoxy groups -OCH3 is 2. The summed E-state index contributed by atoms with van der Waals surface area (Å²) in [4.78, 5) is 4.53. The van der Waals surface area contributed by atoms with Gasteiger partial charge in [-0.3, -0.25) is 4.55 Å². The fourth-order valence-corrected chi connectivity index (χ4v) is 10.9. The average Bonchev–Trinajstić information content (AvgIpc) is 3.37. The van der Waals surface area contributed by atoms with E-state index in [2.05, 4.69) is 54.5 Å². The zero-order valence-electron chi connectivity index (χ0n) is 22.1. The normalized spacial score (nSPS) is 17.8. The molecule has 0 spiro atoms. The molecule has 2 N–H and O–H groups in total.